The number of amides is 1. The number of fused-ring (bicyclic) bond motifs is 1. The van der Waals surface area contributed by atoms with Crippen LogP contribution in [0.2, 0.25) is 0 Å². The molecule has 0 spiro atoms. The molecule has 168 valence electrons. The molecular weight excluding hydrogens is 440 g/mol. The minimum atomic E-state index is -0.0963. The number of anilines is 1. The fourth-order valence-electron chi connectivity index (χ4n) is 4.11. The van der Waals surface area contributed by atoms with Crippen molar-refractivity contribution in [2.24, 2.45) is 4.99 Å². The van der Waals surface area contributed by atoms with Gasteiger partial charge in [0.15, 0.2) is 0 Å². The van der Waals surface area contributed by atoms with Crippen LogP contribution < -0.4 is 10.1 Å². The highest BCUT2D eigenvalue weighted by molar-refractivity contribution is 7.11. The summed E-state index contributed by atoms with van der Waals surface area (Å²) in [5, 5.41) is 4.85. The lowest BCUT2D eigenvalue weighted by Gasteiger charge is -2.29. The van der Waals surface area contributed by atoms with Crippen LogP contribution in [0.25, 0.3) is 5.76 Å². The third-order valence-corrected chi connectivity index (χ3v) is 6.58. The number of rotatable bonds is 5. The first-order chi connectivity index (χ1) is 16.6. The van der Waals surface area contributed by atoms with E-state index in [4.69, 9.17) is 9.73 Å². The molecule has 0 bridgehead atoms. The minimum Gasteiger partial charge on any atom is -0.455 e. The number of nitrogens with one attached hydrogen (secondary N) is 1. The molecular formula is C29H24N2O2S. The largest absolute Gasteiger partial charge is 0.455 e. The average molecular weight is 465 g/mol. The molecule has 4 nitrogen and oxygen atoms in total. The molecule has 1 aliphatic rings. The first kappa shape index (κ1) is 21.9. The zero-order valence-corrected chi connectivity index (χ0v) is 19.8. The highest BCUT2D eigenvalue weighted by atomic mass is 32.1. The SMILES string of the molecule is CC(=O)Nc1ccc(N=CC2=C(c3cccs3)Oc3ccccc3[C@@H]2c2ccc(C)cc2)cc1. The van der Waals surface area contributed by atoms with Gasteiger partial charge >= 0.3 is 0 Å². The quantitative estimate of drug-likeness (QED) is 0.314. The van der Waals surface area contributed by atoms with Crippen molar-refractivity contribution in [1.29, 1.82) is 0 Å². The number of ether oxygens (including phenoxy) is 1. The van der Waals surface area contributed by atoms with Crippen LogP contribution >= 0.6 is 11.3 Å². The van der Waals surface area contributed by atoms with E-state index >= 15 is 0 Å². The predicted octanol–water partition coefficient (Wildman–Crippen LogP) is 7.35. The summed E-state index contributed by atoms with van der Waals surface area (Å²) in [5.41, 5.74) is 6.09. The lowest BCUT2D eigenvalue weighted by atomic mass is 9.82. The van der Waals surface area contributed by atoms with Gasteiger partial charge in [0.25, 0.3) is 0 Å². The second kappa shape index (κ2) is 9.49. The van der Waals surface area contributed by atoms with Gasteiger partial charge in [-0.15, -0.1) is 11.3 Å². The summed E-state index contributed by atoms with van der Waals surface area (Å²) in [5.74, 6) is 1.59. The second-order valence-corrected chi connectivity index (χ2v) is 9.18. The molecule has 3 aromatic carbocycles. The molecule has 0 fully saturated rings. The number of para-hydroxylation sites is 1. The van der Waals surface area contributed by atoms with Gasteiger partial charge in [0.2, 0.25) is 5.91 Å². The number of benzene rings is 3. The molecule has 5 rings (SSSR count). The fraction of sp³-hybridized carbons (Fsp3) is 0.103. The molecule has 0 unspecified atom stereocenters. The van der Waals surface area contributed by atoms with Crippen molar-refractivity contribution in [1.82, 2.24) is 0 Å². The van der Waals surface area contributed by atoms with Crippen LogP contribution in [0.4, 0.5) is 11.4 Å². The van der Waals surface area contributed by atoms with E-state index in [2.05, 4.69) is 60.1 Å². The lowest BCUT2D eigenvalue weighted by molar-refractivity contribution is -0.114. The molecule has 1 aromatic heterocycles. The van der Waals surface area contributed by atoms with E-state index in [-0.39, 0.29) is 11.8 Å². The Morgan fingerprint density at radius 1 is 0.971 bits per heavy atom. The Morgan fingerprint density at radius 3 is 2.44 bits per heavy atom. The lowest BCUT2D eigenvalue weighted by Crippen LogP contribution is -2.17. The maximum atomic E-state index is 11.3. The van der Waals surface area contributed by atoms with E-state index in [9.17, 15) is 4.79 Å². The van der Waals surface area contributed by atoms with Gasteiger partial charge in [0, 0.05) is 35.9 Å². The third-order valence-electron chi connectivity index (χ3n) is 5.71. The Morgan fingerprint density at radius 2 is 1.74 bits per heavy atom. The van der Waals surface area contributed by atoms with Crippen molar-refractivity contribution in [2.45, 2.75) is 19.8 Å². The molecule has 5 heteroatoms. The van der Waals surface area contributed by atoms with E-state index in [1.807, 2.05) is 48.7 Å². The first-order valence-corrected chi connectivity index (χ1v) is 12.0. The molecule has 4 aromatic rings. The van der Waals surface area contributed by atoms with E-state index in [0.29, 0.717) is 0 Å². The molecule has 0 aliphatic carbocycles. The molecule has 34 heavy (non-hydrogen) atoms. The van der Waals surface area contributed by atoms with E-state index < -0.39 is 0 Å². The molecule has 1 atom stereocenters. The number of hydrogen-bond acceptors (Lipinski definition) is 4. The second-order valence-electron chi connectivity index (χ2n) is 8.23. The van der Waals surface area contributed by atoms with Crippen molar-refractivity contribution in [3.05, 3.63) is 117 Å². The Bertz CT molecular complexity index is 1370. The van der Waals surface area contributed by atoms with Gasteiger partial charge in [-0.1, -0.05) is 54.1 Å². The zero-order valence-electron chi connectivity index (χ0n) is 19.0. The molecule has 0 saturated carbocycles. The smallest absolute Gasteiger partial charge is 0.221 e. The maximum Gasteiger partial charge on any atom is 0.221 e. The summed E-state index contributed by atoms with van der Waals surface area (Å²) < 4.78 is 6.47. The molecule has 0 radical (unpaired) electrons. The molecule has 2 heterocycles. The van der Waals surface area contributed by atoms with Crippen LogP contribution in [0.5, 0.6) is 5.75 Å². The monoisotopic (exact) mass is 464 g/mol. The third kappa shape index (κ3) is 4.56. The van der Waals surface area contributed by atoms with Crippen LogP contribution in [-0.4, -0.2) is 12.1 Å². The summed E-state index contributed by atoms with van der Waals surface area (Å²) in [6, 6.07) is 28.5. The van der Waals surface area contributed by atoms with Crippen LogP contribution in [0, 0.1) is 6.92 Å². The summed E-state index contributed by atoms with van der Waals surface area (Å²) in [6.07, 6.45) is 1.92. The van der Waals surface area contributed by atoms with Crippen molar-refractivity contribution in [2.75, 3.05) is 5.32 Å². The van der Waals surface area contributed by atoms with Crippen molar-refractivity contribution >= 4 is 40.6 Å². The molecule has 0 saturated heterocycles. The standard InChI is InChI=1S/C29H24N2O2S/c1-19-9-11-21(12-10-19)28-24-6-3-4-7-26(24)33-29(27-8-5-17-34-27)25(28)18-30-22-13-15-23(16-14-22)31-20(2)32/h3-18,28H,1-2H3,(H,31,32)/t28-/m0/s1. The Labute approximate surface area is 203 Å². The highest BCUT2D eigenvalue weighted by Gasteiger charge is 2.31. The van der Waals surface area contributed by atoms with Gasteiger partial charge in [-0.2, -0.15) is 0 Å². The summed E-state index contributed by atoms with van der Waals surface area (Å²) in [7, 11) is 0. The van der Waals surface area contributed by atoms with E-state index in [1.165, 1.54) is 18.1 Å². The topological polar surface area (TPSA) is 50.7 Å². The summed E-state index contributed by atoms with van der Waals surface area (Å²) in [6.45, 7) is 3.60. The van der Waals surface area contributed by atoms with Gasteiger partial charge in [0.1, 0.15) is 11.5 Å². The van der Waals surface area contributed by atoms with E-state index in [1.54, 1.807) is 11.3 Å². The normalized spacial score (nSPS) is 15.2. The van der Waals surface area contributed by atoms with E-state index in [0.717, 1.165) is 38.9 Å². The number of aryl methyl sites for hydroxylation is 1. The van der Waals surface area contributed by atoms with Gasteiger partial charge < -0.3 is 10.1 Å². The highest BCUT2D eigenvalue weighted by Crippen LogP contribution is 2.45. The predicted molar refractivity (Wildman–Crippen MR) is 140 cm³/mol. The van der Waals surface area contributed by atoms with Gasteiger partial charge in [-0.3, -0.25) is 9.79 Å². The Hall–Kier alpha value is -3.96. The summed E-state index contributed by atoms with van der Waals surface area (Å²) in [4.78, 5) is 17.2. The Balaban J connectivity index is 1.62. The number of nitrogens with zero attached hydrogens (tertiary/aromatic N) is 1. The fourth-order valence-corrected chi connectivity index (χ4v) is 4.84. The van der Waals surface area contributed by atoms with Crippen molar-refractivity contribution < 1.29 is 9.53 Å². The minimum absolute atomic E-state index is 0.00921. The van der Waals surface area contributed by atoms with Crippen LogP contribution in [0.15, 0.2) is 101 Å². The van der Waals surface area contributed by atoms with Crippen LogP contribution in [-0.2, 0) is 4.79 Å². The molecule has 1 amide bonds. The van der Waals surface area contributed by atoms with Gasteiger partial charge in [0.05, 0.1) is 10.6 Å². The molecule has 1 N–H and O–H groups in total. The van der Waals surface area contributed by atoms with Crippen LogP contribution in [0.3, 0.4) is 0 Å². The number of carbonyl (C=O) groups is 1. The Kier molecular flexibility index (Phi) is 6.11. The number of hydrogen-bond donors (Lipinski definition) is 1. The number of carbonyl (C=O) groups excluding carboxylic acids is 1. The molecule has 1 aliphatic heterocycles. The number of thiophene rings is 1. The van der Waals surface area contributed by atoms with Gasteiger partial charge in [-0.05, 0) is 54.3 Å². The summed E-state index contributed by atoms with van der Waals surface area (Å²) >= 11 is 1.65. The van der Waals surface area contributed by atoms with Crippen molar-refractivity contribution in [3.63, 3.8) is 0 Å². The number of aliphatic imine (C=N–C) groups is 1. The average Bonchev–Trinajstić information content (AvgIpc) is 3.38. The maximum absolute atomic E-state index is 11.3. The first-order valence-electron chi connectivity index (χ1n) is 11.1. The van der Waals surface area contributed by atoms with Gasteiger partial charge in [-0.25, -0.2) is 0 Å². The van der Waals surface area contributed by atoms with Crippen molar-refractivity contribution in [3.8, 4) is 5.75 Å². The number of allylic oxidation sites excluding steroid dienone is 1. The van der Waals surface area contributed by atoms with Crippen LogP contribution in [0.1, 0.15) is 34.4 Å². The zero-order chi connectivity index (χ0) is 23.5.